The number of hydrogen-bond donors (Lipinski definition) is 1. The Labute approximate surface area is 182 Å². The molecule has 1 N–H and O–H groups in total. The fourth-order valence-electron chi connectivity index (χ4n) is 3.57. The molecule has 0 saturated heterocycles. The van der Waals surface area contributed by atoms with Crippen LogP contribution in [0.1, 0.15) is 23.1 Å². The molecule has 3 rings (SSSR count). The molecule has 3 aromatic carbocycles. The van der Waals surface area contributed by atoms with Gasteiger partial charge in [-0.05, 0) is 34.4 Å². The summed E-state index contributed by atoms with van der Waals surface area (Å²) in [7, 11) is 3.15. The highest BCUT2D eigenvalue weighted by Crippen LogP contribution is 2.38. The Kier molecular flexibility index (Phi) is 7.11. The van der Waals surface area contributed by atoms with Crippen molar-refractivity contribution in [3.05, 3.63) is 102 Å². The molecule has 0 saturated carbocycles. The zero-order valence-electron chi connectivity index (χ0n) is 17.7. The molecule has 3 aromatic rings. The standard InChI is InChI=1S/C26H26O5/c1-19(20-14-15-23(29-2)24(16-20)30-3)18-31-26(17-25(27)28,21-10-6-4-7-11-21)22-12-8-5-9-13-22/h4-16H,1,17-18H2,2-3H3,(H,27,28). The van der Waals surface area contributed by atoms with E-state index in [1.807, 2.05) is 72.8 Å². The zero-order valence-corrected chi connectivity index (χ0v) is 17.7. The van der Waals surface area contributed by atoms with Gasteiger partial charge in [0.15, 0.2) is 11.5 Å². The molecule has 0 aliphatic rings. The molecule has 31 heavy (non-hydrogen) atoms. The van der Waals surface area contributed by atoms with Crippen molar-refractivity contribution < 1.29 is 24.1 Å². The second kappa shape index (κ2) is 9.96. The lowest BCUT2D eigenvalue weighted by Gasteiger charge is -2.34. The van der Waals surface area contributed by atoms with Crippen molar-refractivity contribution in [2.45, 2.75) is 12.0 Å². The minimum Gasteiger partial charge on any atom is -0.493 e. The number of carboxylic acids is 1. The lowest BCUT2D eigenvalue weighted by atomic mass is 9.83. The van der Waals surface area contributed by atoms with E-state index in [9.17, 15) is 9.90 Å². The van der Waals surface area contributed by atoms with Gasteiger partial charge in [-0.3, -0.25) is 4.79 Å². The van der Waals surface area contributed by atoms with Gasteiger partial charge in [0.1, 0.15) is 5.60 Å². The van der Waals surface area contributed by atoms with Crippen molar-refractivity contribution in [2.24, 2.45) is 0 Å². The molecular formula is C26H26O5. The lowest BCUT2D eigenvalue weighted by molar-refractivity contribution is -0.143. The summed E-state index contributed by atoms with van der Waals surface area (Å²) in [6.07, 6.45) is -0.222. The Balaban J connectivity index is 1.97. The van der Waals surface area contributed by atoms with Gasteiger partial charge in [-0.2, -0.15) is 0 Å². The average Bonchev–Trinajstić information content (AvgIpc) is 2.82. The highest BCUT2D eigenvalue weighted by Gasteiger charge is 2.38. The van der Waals surface area contributed by atoms with Gasteiger partial charge in [-0.15, -0.1) is 0 Å². The van der Waals surface area contributed by atoms with Crippen LogP contribution in [0.2, 0.25) is 0 Å². The van der Waals surface area contributed by atoms with E-state index in [0.29, 0.717) is 17.1 Å². The van der Waals surface area contributed by atoms with Crippen molar-refractivity contribution in [1.82, 2.24) is 0 Å². The van der Waals surface area contributed by atoms with E-state index in [-0.39, 0.29) is 13.0 Å². The summed E-state index contributed by atoms with van der Waals surface area (Å²) in [5.74, 6) is 0.252. The molecule has 0 spiro atoms. The molecule has 0 atom stereocenters. The van der Waals surface area contributed by atoms with Gasteiger partial charge >= 0.3 is 5.97 Å². The van der Waals surface area contributed by atoms with Crippen LogP contribution in [0.25, 0.3) is 5.57 Å². The fraction of sp³-hybridized carbons (Fsp3) is 0.192. The predicted octanol–water partition coefficient (Wildman–Crippen LogP) is 5.15. The number of hydrogen-bond acceptors (Lipinski definition) is 4. The Morgan fingerprint density at radius 1 is 0.871 bits per heavy atom. The number of carboxylic acid groups (broad SMARTS) is 1. The maximum atomic E-state index is 11.9. The van der Waals surface area contributed by atoms with Crippen molar-refractivity contribution >= 4 is 11.5 Å². The van der Waals surface area contributed by atoms with Crippen molar-refractivity contribution in [3.8, 4) is 11.5 Å². The number of rotatable bonds is 10. The molecule has 0 bridgehead atoms. The monoisotopic (exact) mass is 418 g/mol. The molecule has 0 fully saturated rings. The van der Waals surface area contributed by atoms with Crippen LogP contribution in [0.3, 0.4) is 0 Å². The van der Waals surface area contributed by atoms with Crippen molar-refractivity contribution in [3.63, 3.8) is 0 Å². The highest BCUT2D eigenvalue weighted by atomic mass is 16.5. The Hall–Kier alpha value is -3.57. The van der Waals surface area contributed by atoms with Gasteiger partial charge in [-0.25, -0.2) is 0 Å². The van der Waals surface area contributed by atoms with E-state index >= 15 is 0 Å². The van der Waals surface area contributed by atoms with E-state index in [2.05, 4.69) is 6.58 Å². The van der Waals surface area contributed by atoms with Crippen LogP contribution in [0.5, 0.6) is 11.5 Å². The van der Waals surface area contributed by atoms with E-state index in [4.69, 9.17) is 14.2 Å². The number of carbonyl (C=O) groups is 1. The fourth-order valence-corrected chi connectivity index (χ4v) is 3.57. The number of benzene rings is 3. The first-order valence-electron chi connectivity index (χ1n) is 9.87. The molecule has 0 amide bonds. The highest BCUT2D eigenvalue weighted by molar-refractivity contribution is 5.71. The first-order chi connectivity index (χ1) is 15.0. The number of ether oxygens (including phenoxy) is 3. The topological polar surface area (TPSA) is 65.0 Å². The van der Waals surface area contributed by atoms with Gasteiger partial charge in [0, 0.05) is 0 Å². The maximum Gasteiger partial charge on any atom is 0.307 e. The van der Waals surface area contributed by atoms with Gasteiger partial charge in [-0.1, -0.05) is 73.3 Å². The van der Waals surface area contributed by atoms with Gasteiger partial charge < -0.3 is 19.3 Å². The van der Waals surface area contributed by atoms with Crippen LogP contribution in [-0.2, 0) is 15.1 Å². The Morgan fingerprint density at radius 2 is 1.42 bits per heavy atom. The maximum absolute atomic E-state index is 11.9. The van der Waals surface area contributed by atoms with Gasteiger partial charge in [0.25, 0.3) is 0 Å². The molecule has 0 aliphatic carbocycles. The molecule has 0 aliphatic heterocycles. The van der Waals surface area contributed by atoms with Crippen LogP contribution in [0.4, 0.5) is 0 Å². The minimum atomic E-state index is -1.16. The summed E-state index contributed by atoms with van der Waals surface area (Å²) < 4.78 is 17.1. The van der Waals surface area contributed by atoms with Crippen molar-refractivity contribution in [2.75, 3.05) is 20.8 Å². The van der Waals surface area contributed by atoms with E-state index in [0.717, 1.165) is 16.7 Å². The van der Waals surface area contributed by atoms with Crippen LogP contribution in [0.15, 0.2) is 85.4 Å². The Bertz CT molecular complexity index is 989. The largest absolute Gasteiger partial charge is 0.493 e. The molecule has 0 unspecified atom stereocenters. The van der Waals surface area contributed by atoms with Gasteiger partial charge in [0.2, 0.25) is 0 Å². The smallest absolute Gasteiger partial charge is 0.307 e. The second-order valence-electron chi connectivity index (χ2n) is 7.09. The number of aliphatic carboxylic acids is 1. The SMILES string of the molecule is C=C(COC(CC(=O)O)(c1ccccc1)c1ccccc1)c1ccc(OC)c(OC)c1. The van der Waals surface area contributed by atoms with Gasteiger partial charge in [0.05, 0.1) is 27.2 Å². The molecule has 0 radical (unpaired) electrons. The first kappa shape index (κ1) is 22.1. The van der Waals surface area contributed by atoms with Crippen molar-refractivity contribution in [1.29, 1.82) is 0 Å². The quantitative estimate of drug-likeness (QED) is 0.493. The third kappa shape index (κ3) is 4.95. The molecule has 0 heterocycles. The predicted molar refractivity (Wildman–Crippen MR) is 120 cm³/mol. The van der Waals surface area contributed by atoms with E-state index in [1.165, 1.54) is 0 Å². The molecule has 160 valence electrons. The van der Waals surface area contributed by atoms with Crippen LogP contribution >= 0.6 is 0 Å². The third-order valence-corrected chi connectivity index (χ3v) is 5.16. The number of methoxy groups -OCH3 is 2. The second-order valence-corrected chi connectivity index (χ2v) is 7.09. The molecule has 5 heteroatoms. The van der Waals surface area contributed by atoms with Crippen LogP contribution < -0.4 is 9.47 Å². The summed E-state index contributed by atoms with van der Waals surface area (Å²) in [6.45, 7) is 4.29. The summed E-state index contributed by atoms with van der Waals surface area (Å²) in [5.41, 5.74) is 1.89. The lowest BCUT2D eigenvalue weighted by Crippen LogP contribution is -2.34. The molecule has 0 aromatic heterocycles. The third-order valence-electron chi connectivity index (χ3n) is 5.16. The normalized spacial score (nSPS) is 11.0. The molecular weight excluding hydrogens is 392 g/mol. The first-order valence-corrected chi connectivity index (χ1v) is 9.87. The summed E-state index contributed by atoms with van der Waals surface area (Å²) in [4.78, 5) is 11.9. The minimum absolute atomic E-state index is 0.131. The summed E-state index contributed by atoms with van der Waals surface area (Å²) in [5, 5.41) is 9.75. The van der Waals surface area contributed by atoms with Crippen LogP contribution in [-0.4, -0.2) is 31.9 Å². The average molecular weight is 418 g/mol. The van der Waals surface area contributed by atoms with E-state index < -0.39 is 11.6 Å². The summed E-state index contributed by atoms with van der Waals surface area (Å²) in [6, 6.07) is 24.3. The molecule has 5 nitrogen and oxygen atoms in total. The van der Waals surface area contributed by atoms with E-state index in [1.54, 1.807) is 20.3 Å². The summed E-state index contributed by atoms with van der Waals surface area (Å²) >= 11 is 0. The van der Waals surface area contributed by atoms with Crippen LogP contribution in [0, 0.1) is 0 Å². The Morgan fingerprint density at radius 3 is 1.90 bits per heavy atom. The zero-order chi connectivity index (χ0) is 22.3.